The van der Waals surface area contributed by atoms with Gasteiger partial charge in [0.2, 0.25) is 0 Å². The number of amides is 1. The number of rotatable bonds is 8. The molecule has 0 aliphatic rings. The van der Waals surface area contributed by atoms with Crippen LogP contribution in [0.15, 0.2) is 36.5 Å². The summed E-state index contributed by atoms with van der Waals surface area (Å²) in [5.41, 5.74) is 1.29. The fourth-order valence-corrected chi connectivity index (χ4v) is 2.03. The standard InChI is InChI=1S/C17H21N3O4/c1-22-9-8-18-17(21)12-4-7-16(19-11-12)20-13-5-6-14(23-2)15(10-13)24-3/h4-7,10-11H,8-9H2,1-3H3,(H,18,21)(H,19,20). The Morgan fingerprint density at radius 2 is 1.88 bits per heavy atom. The third-order valence-electron chi connectivity index (χ3n) is 3.27. The first-order valence-corrected chi connectivity index (χ1v) is 7.40. The second kappa shape index (κ2) is 8.73. The Bertz CT molecular complexity index is 674. The lowest BCUT2D eigenvalue weighted by Crippen LogP contribution is -2.26. The predicted octanol–water partition coefficient (Wildman–Crippen LogP) is 2.22. The third-order valence-corrected chi connectivity index (χ3v) is 3.27. The minimum absolute atomic E-state index is 0.183. The summed E-state index contributed by atoms with van der Waals surface area (Å²) in [6.07, 6.45) is 1.52. The molecule has 0 saturated carbocycles. The predicted molar refractivity (Wildman–Crippen MR) is 91.3 cm³/mol. The van der Waals surface area contributed by atoms with Crippen LogP contribution in [0.5, 0.6) is 11.5 Å². The highest BCUT2D eigenvalue weighted by Crippen LogP contribution is 2.30. The van der Waals surface area contributed by atoms with E-state index in [-0.39, 0.29) is 5.91 Å². The summed E-state index contributed by atoms with van der Waals surface area (Å²) in [7, 11) is 4.75. The highest BCUT2D eigenvalue weighted by atomic mass is 16.5. The van der Waals surface area contributed by atoms with Crippen molar-refractivity contribution in [1.82, 2.24) is 10.3 Å². The average Bonchev–Trinajstić information content (AvgIpc) is 2.62. The van der Waals surface area contributed by atoms with Crippen molar-refractivity contribution >= 4 is 17.4 Å². The van der Waals surface area contributed by atoms with Crippen LogP contribution in [0.1, 0.15) is 10.4 Å². The number of pyridine rings is 1. The summed E-state index contributed by atoms with van der Waals surface area (Å²) < 4.78 is 15.4. The maximum atomic E-state index is 11.9. The lowest BCUT2D eigenvalue weighted by molar-refractivity contribution is 0.0937. The third kappa shape index (κ3) is 4.60. The van der Waals surface area contributed by atoms with Gasteiger partial charge in [-0.1, -0.05) is 0 Å². The Morgan fingerprint density at radius 1 is 1.08 bits per heavy atom. The van der Waals surface area contributed by atoms with Crippen molar-refractivity contribution in [3.8, 4) is 11.5 Å². The maximum absolute atomic E-state index is 11.9. The number of aromatic nitrogens is 1. The number of methoxy groups -OCH3 is 3. The summed E-state index contributed by atoms with van der Waals surface area (Å²) in [5, 5.41) is 5.89. The zero-order valence-corrected chi connectivity index (χ0v) is 14.0. The van der Waals surface area contributed by atoms with E-state index in [1.165, 1.54) is 6.20 Å². The average molecular weight is 331 g/mol. The zero-order chi connectivity index (χ0) is 17.4. The molecule has 2 N–H and O–H groups in total. The number of hydrogen-bond acceptors (Lipinski definition) is 6. The van der Waals surface area contributed by atoms with Crippen molar-refractivity contribution in [3.63, 3.8) is 0 Å². The first-order chi connectivity index (χ1) is 11.7. The minimum Gasteiger partial charge on any atom is -0.493 e. The Kier molecular flexibility index (Phi) is 6.39. The van der Waals surface area contributed by atoms with E-state index in [0.29, 0.717) is 36.0 Å². The van der Waals surface area contributed by atoms with Gasteiger partial charge in [0, 0.05) is 31.6 Å². The molecule has 0 unspecified atom stereocenters. The summed E-state index contributed by atoms with van der Waals surface area (Å²) in [5.74, 6) is 1.71. The van der Waals surface area contributed by atoms with E-state index in [1.807, 2.05) is 12.1 Å². The topological polar surface area (TPSA) is 81.7 Å². The van der Waals surface area contributed by atoms with Crippen LogP contribution < -0.4 is 20.1 Å². The second-order valence-electron chi connectivity index (χ2n) is 4.88. The molecule has 0 saturated heterocycles. The molecule has 0 aliphatic heterocycles. The van der Waals surface area contributed by atoms with Gasteiger partial charge in [-0.05, 0) is 24.3 Å². The van der Waals surface area contributed by atoms with Gasteiger partial charge in [-0.2, -0.15) is 0 Å². The molecule has 0 fully saturated rings. The van der Waals surface area contributed by atoms with Crippen LogP contribution in [-0.2, 0) is 4.74 Å². The first kappa shape index (κ1) is 17.6. The molecule has 7 nitrogen and oxygen atoms in total. The van der Waals surface area contributed by atoms with Crippen molar-refractivity contribution in [1.29, 1.82) is 0 Å². The molecule has 0 atom stereocenters. The van der Waals surface area contributed by atoms with Gasteiger partial charge in [-0.15, -0.1) is 0 Å². The monoisotopic (exact) mass is 331 g/mol. The van der Waals surface area contributed by atoms with Crippen molar-refractivity contribution in [2.24, 2.45) is 0 Å². The van der Waals surface area contributed by atoms with Gasteiger partial charge in [0.25, 0.3) is 5.91 Å². The van der Waals surface area contributed by atoms with Crippen LogP contribution in [0.2, 0.25) is 0 Å². The summed E-state index contributed by atoms with van der Waals surface area (Å²) in [6, 6.07) is 8.92. The number of nitrogens with one attached hydrogen (secondary N) is 2. The fourth-order valence-electron chi connectivity index (χ4n) is 2.03. The van der Waals surface area contributed by atoms with Gasteiger partial charge in [0.05, 0.1) is 26.4 Å². The lowest BCUT2D eigenvalue weighted by Gasteiger charge is -2.11. The van der Waals surface area contributed by atoms with Crippen molar-refractivity contribution in [2.75, 3.05) is 39.8 Å². The number of benzene rings is 1. The SMILES string of the molecule is COCCNC(=O)c1ccc(Nc2ccc(OC)c(OC)c2)nc1. The van der Waals surface area contributed by atoms with Gasteiger partial charge in [-0.3, -0.25) is 4.79 Å². The Hall–Kier alpha value is -2.80. The van der Waals surface area contributed by atoms with Crippen LogP contribution in [0.25, 0.3) is 0 Å². The Morgan fingerprint density at radius 3 is 2.50 bits per heavy atom. The van der Waals surface area contributed by atoms with Crippen LogP contribution >= 0.6 is 0 Å². The van der Waals surface area contributed by atoms with Crippen molar-refractivity contribution < 1.29 is 19.0 Å². The Labute approximate surface area is 140 Å². The molecule has 0 spiro atoms. The summed E-state index contributed by atoms with van der Waals surface area (Å²) >= 11 is 0. The zero-order valence-electron chi connectivity index (χ0n) is 14.0. The molecule has 1 aromatic heterocycles. The minimum atomic E-state index is -0.183. The van der Waals surface area contributed by atoms with Gasteiger partial charge < -0.3 is 24.8 Å². The number of carbonyl (C=O) groups is 1. The Balaban J connectivity index is 2.02. The molecular weight excluding hydrogens is 310 g/mol. The molecule has 128 valence electrons. The number of ether oxygens (including phenoxy) is 3. The van der Waals surface area contributed by atoms with Gasteiger partial charge in [0.15, 0.2) is 11.5 Å². The molecular formula is C17H21N3O4. The number of nitrogens with zero attached hydrogens (tertiary/aromatic N) is 1. The molecule has 0 aliphatic carbocycles. The second-order valence-corrected chi connectivity index (χ2v) is 4.88. The molecule has 2 rings (SSSR count). The quantitative estimate of drug-likeness (QED) is 0.722. The highest BCUT2D eigenvalue weighted by molar-refractivity contribution is 5.94. The van der Waals surface area contributed by atoms with Crippen LogP contribution in [0, 0.1) is 0 Å². The first-order valence-electron chi connectivity index (χ1n) is 7.40. The smallest absolute Gasteiger partial charge is 0.252 e. The summed E-state index contributed by atoms with van der Waals surface area (Å²) in [4.78, 5) is 16.1. The number of anilines is 2. The molecule has 7 heteroatoms. The molecule has 1 amide bonds. The van der Waals surface area contributed by atoms with Crippen LogP contribution in [0.4, 0.5) is 11.5 Å². The van der Waals surface area contributed by atoms with E-state index in [0.717, 1.165) is 5.69 Å². The van der Waals surface area contributed by atoms with Gasteiger partial charge >= 0.3 is 0 Å². The van der Waals surface area contributed by atoms with Crippen molar-refractivity contribution in [3.05, 3.63) is 42.1 Å². The van der Waals surface area contributed by atoms with Gasteiger partial charge in [0.1, 0.15) is 5.82 Å². The summed E-state index contributed by atoms with van der Waals surface area (Å²) in [6.45, 7) is 0.930. The molecule has 0 bridgehead atoms. The normalized spacial score (nSPS) is 10.1. The highest BCUT2D eigenvalue weighted by Gasteiger charge is 2.07. The molecule has 1 heterocycles. The van der Waals surface area contributed by atoms with Crippen molar-refractivity contribution in [2.45, 2.75) is 0 Å². The number of carbonyl (C=O) groups excluding carboxylic acids is 1. The largest absolute Gasteiger partial charge is 0.493 e. The van der Waals surface area contributed by atoms with Crippen LogP contribution in [0.3, 0.4) is 0 Å². The van der Waals surface area contributed by atoms with Crippen LogP contribution in [-0.4, -0.2) is 45.4 Å². The van der Waals surface area contributed by atoms with E-state index in [9.17, 15) is 4.79 Å². The molecule has 2 aromatic rings. The maximum Gasteiger partial charge on any atom is 0.252 e. The lowest BCUT2D eigenvalue weighted by atomic mass is 10.2. The van der Waals surface area contributed by atoms with E-state index < -0.39 is 0 Å². The fraction of sp³-hybridized carbons (Fsp3) is 0.294. The van der Waals surface area contributed by atoms with E-state index >= 15 is 0 Å². The molecule has 24 heavy (non-hydrogen) atoms. The molecule has 0 radical (unpaired) electrons. The van der Waals surface area contributed by atoms with Gasteiger partial charge in [-0.25, -0.2) is 4.98 Å². The number of hydrogen-bond donors (Lipinski definition) is 2. The molecule has 1 aromatic carbocycles. The van der Waals surface area contributed by atoms with E-state index in [4.69, 9.17) is 14.2 Å². The van der Waals surface area contributed by atoms with E-state index in [1.54, 1.807) is 39.5 Å². The van der Waals surface area contributed by atoms with E-state index in [2.05, 4.69) is 15.6 Å².